The molecule has 6 nitrogen and oxygen atoms in total. The zero-order chi connectivity index (χ0) is 16.9. The van der Waals surface area contributed by atoms with Crippen LogP contribution < -0.4 is 10.2 Å². The number of hydrogen-bond donors (Lipinski definition) is 1. The van der Waals surface area contributed by atoms with Crippen LogP contribution in [0.1, 0.15) is 39.9 Å². The summed E-state index contributed by atoms with van der Waals surface area (Å²) in [6.07, 6.45) is 2.04. The molecule has 1 N–H and O–H groups in total. The maximum absolute atomic E-state index is 4.59. The fraction of sp³-hybridized carbons (Fsp3) is 0.812. The van der Waals surface area contributed by atoms with E-state index in [1.54, 1.807) is 0 Å². The molecule has 1 aliphatic rings. The third kappa shape index (κ3) is 5.34. The summed E-state index contributed by atoms with van der Waals surface area (Å²) in [5.74, 6) is 1.97. The summed E-state index contributed by atoms with van der Waals surface area (Å²) >= 11 is 1.51. The minimum atomic E-state index is 0.347. The number of aryl methyl sites for hydroxylation is 1. The van der Waals surface area contributed by atoms with Crippen molar-refractivity contribution in [2.75, 3.05) is 44.7 Å². The Morgan fingerprint density at radius 2 is 1.96 bits per heavy atom. The SMILES string of the molecule is CCc1nsc(N2CCN(C(=NC)NCCC(C)(C)C)CC2)n1. The van der Waals surface area contributed by atoms with E-state index in [0.29, 0.717) is 5.41 Å². The van der Waals surface area contributed by atoms with E-state index in [4.69, 9.17) is 0 Å². The Kier molecular flexibility index (Phi) is 6.21. The maximum Gasteiger partial charge on any atom is 0.205 e. The van der Waals surface area contributed by atoms with E-state index >= 15 is 0 Å². The van der Waals surface area contributed by atoms with E-state index in [1.165, 1.54) is 11.5 Å². The lowest BCUT2D eigenvalue weighted by Gasteiger charge is -2.36. The molecule has 1 aromatic heterocycles. The molecule has 1 fully saturated rings. The fourth-order valence-electron chi connectivity index (χ4n) is 2.51. The number of hydrogen-bond acceptors (Lipinski definition) is 5. The second-order valence-corrected chi connectivity index (χ2v) is 7.84. The Morgan fingerprint density at radius 1 is 1.26 bits per heavy atom. The van der Waals surface area contributed by atoms with Crippen LogP contribution in [-0.4, -0.2) is 60.0 Å². The molecule has 1 saturated heterocycles. The molecule has 0 saturated carbocycles. The van der Waals surface area contributed by atoms with E-state index in [1.807, 2.05) is 7.05 Å². The second kappa shape index (κ2) is 7.95. The quantitative estimate of drug-likeness (QED) is 0.674. The van der Waals surface area contributed by atoms with E-state index in [2.05, 4.69) is 57.2 Å². The number of anilines is 1. The monoisotopic (exact) mass is 338 g/mol. The molecule has 0 aliphatic carbocycles. The fourth-order valence-corrected chi connectivity index (χ4v) is 3.31. The maximum atomic E-state index is 4.59. The highest BCUT2D eigenvalue weighted by atomic mass is 32.1. The van der Waals surface area contributed by atoms with Gasteiger partial charge in [0.25, 0.3) is 0 Å². The highest BCUT2D eigenvalue weighted by Crippen LogP contribution is 2.19. The van der Waals surface area contributed by atoms with E-state index in [9.17, 15) is 0 Å². The predicted octanol–water partition coefficient (Wildman–Crippen LogP) is 2.23. The lowest BCUT2D eigenvalue weighted by Crippen LogP contribution is -2.52. The molecule has 0 atom stereocenters. The van der Waals surface area contributed by atoms with Crippen molar-refractivity contribution in [2.24, 2.45) is 10.4 Å². The van der Waals surface area contributed by atoms with Gasteiger partial charge in [0.2, 0.25) is 5.13 Å². The van der Waals surface area contributed by atoms with Gasteiger partial charge in [-0.2, -0.15) is 4.37 Å². The molecule has 0 spiro atoms. The molecular formula is C16H30N6S. The number of aliphatic imine (C=N–C) groups is 1. The van der Waals surface area contributed by atoms with E-state index in [-0.39, 0.29) is 0 Å². The van der Waals surface area contributed by atoms with Gasteiger partial charge >= 0.3 is 0 Å². The number of rotatable bonds is 4. The Hall–Kier alpha value is -1.37. The van der Waals surface area contributed by atoms with Gasteiger partial charge < -0.3 is 15.1 Å². The van der Waals surface area contributed by atoms with Crippen LogP contribution in [-0.2, 0) is 6.42 Å². The molecule has 0 radical (unpaired) electrons. The number of nitrogens with one attached hydrogen (secondary N) is 1. The first-order valence-electron chi connectivity index (χ1n) is 8.46. The van der Waals surface area contributed by atoms with Crippen molar-refractivity contribution in [2.45, 2.75) is 40.5 Å². The highest BCUT2D eigenvalue weighted by Gasteiger charge is 2.22. The minimum Gasteiger partial charge on any atom is -0.356 e. The number of nitrogens with zero attached hydrogens (tertiary/aromatic N) is 5. The Bertz CT molecular complexity index is 511. The average molecular weight is 339 g/mol. The Balaban J connectivity index is 1.82. The van der Waals surface area contributed by atoms with Crippen LogP contribution in [0.4, 0.5) is 5.13 Å². The largest absolute Gasteiger partial charge is 0.356 e. The summed E-state index contributed by atoms with van der Waals surface area (Å²) in [7, 11) is 1.87. The normalized spacial score (nSPS) is 16.8. The van der Waals surface area contributed by atoms with Crippen molar-refractivity contribution < 1.29 is 0 Å². The second-order valence-electron chi connectivity index (χ2n) is 7.11. The van der Waals surface area contributed by atoms with E-state index in [0.717, 1.165) is 62.5 Å². The zero-order valence-corrected chi connectivity index (χ0v) is 15.9. The van der Waals surface area contributed by atoms with Gasteiger partial charge in [-0.25, -0.2) is 4.98 Å². The topological polar surface area (TPSA) is 56.7 Å². The molecule has 23 heavy (non-hydrogen) atoms. The summed E-state index contributed by atoms with van der Waals surface area (Å²) in [6, 6.07) is 0. The standard InChI is InChI=1S/C16H30N6S/c1-6-13-19-15(23-20-13)22-11-9-21(10-12-22)14(17-5)18-8-7-16(2,3)4/h6-12H2,1-5H3,(H,17,18). The van der Waals surface area contributed by atoms with Gasteiger partial charge in [0.05, 0.1) is 0 Å². The number of aromatic nitrogens is 2. The molecule has 0 bridgehead atoms. The van der Waals surface area contributed by atoms with Crippen molar-refractivity contribution in [1.29, 1.82) is 0 Å². The molecule has 0 aromatic carbocycles. The Labute approximate surface area is 144 Å². The van der Waals surface area contributed by atoms with Crippen LogP contribution in [0.25, 0.3) is 0 Å². The van der Waals surface area contributed by atoms with Crippen molar-refractivity contribution in [3.8, 4) is 0 Å². The summed E-state index contributed by atoms with van der Waals surface area (Å²) < 4.78 is 4.38. The molecule has 7 heteroatoms. The lowest BCUT2D eigenvalue weighted by atomic mass is 9.92. The average Bonchev–Trinajstić information content (AvgIpc) is 3.00. The smallest absolute Gasteiger partial charge is 0.205 e. The first-order valence-corrected chi connectivity index (χ1v) is 9.23. The number of guanidine groups is 1. The van der Waals surface area contributed by atoms with Crippen LogP contribution in [0.5, 0.6) is 0 Å². The van der Waals surface area contributed by atoms with Crippen molar-refractivity contribution in [1.82, 2.24) is 19.6 Å². The zero-order valence-electron chi connectivity index (χ0n) is 15.1. The molecular weight excluding hydrogens is 308 g/mol. The molecule has 0 unspecified atom stereocenters. The summed E-state index contributed by atoms with van der Waals surface area (Å²) in [6.45, 7) is 13.7. The van der Waals surface area contributed by atoms with Crippen molar-refractivity contribution in [3.05, 3.63) is 5.82 Å². The van der Waals surface area contributed by atoms with Gasteiger partial charge in [-0.1, -0.05) is 27.7 Å². The van der Waals surface area contributed by atoms with Gasteiger partial charge in [0.15, 0.2) is 5.96 Å². The van der Waals surface area contributed by atoms with Gasteiger partial charge in [0.1, 0.15) is 5.82 Å². The first kappa shape index (κ1) is 18.0. The molecule has 1 aliphatic heterocycles. The van der Waals surface area contributed by atoms with E-state index < -0.39 is 0 Å². The third-order valence-corrected chi connectivity index (χ3v) is 4.81. The molecule has 2 heterocycles. The minimum absolute atomic E-state index is 0.347. The van der Waals surface area contributed by atoms with Gasteiger partial charge in [-0.3, -0.25) is 4.99 Å². The molecule has 0 amide bonds. The van der Waals surface area contributed by atoms with Crippen molar-refractivity contribution >= 4 is 22.6 Å². The first-order chi connectivity index (χ1) is 10.9. The van der Waals surface area contributed by atoms with Crippen LogP contribution in [0.3, 0.4) is 0 Å². The van der Waals surface area contributed by atoms with Gasteiger partial charge in [0, 0.05) is 57.7 Å². The third-order valence-electron chi connectivity index (χ3n) is 3.99. The predicted molar refractivity (Wildman–Crippen MR) is 98.5 cm³/mol. The summed E-state index contributed by atoms with van der Waals surface area (Å²) in [5, 5.41) is 4.55. The number of piperazine rings is 1. The highest BCUT2D eigenvalue weighted by molar-refractivity contribution is 7.09. The van der Waals surface area contributed by atoms with Crippen LogP contribution in [0, 0.1) is 5.41 Å². The molecule has 130 valence electrons. The van der Waals surface area contributed by atoms with Gasteiger partial charge in [-0.15, -0.1) is 0 Å². The summed E-state index contributed by atoms with van der Waals surface area (Å²) in [5.41, 5.74) is 0.347. The summed E-state index contributed by atoms with van der Waals surface area (Å²) in [4.78, 5) is 13.7. The van der Waals surface area contributed by atoms with Crippen molar-refractivity contribution in [3.63, 3.8) is 0 Å². The van der Waals surface area contributed by atoms with Crippen LogP contribution in [0.15, 0.2) is 4.99 Å². The Morgan fingerprint density at radius 3 is 2.48 bits per heavy atom. The van der Waals surface area contributed by atoms with Crippen LogP contribution in [0.2, 0.25) is 0 Å². The van der Waals surface area contributed by atoms with Crippen LogP contribution >= 0.6 is 11.5 Å². The molecule has 1 aromatic rings. The lowest BCUT2D eigenvalue weighted by molar-refractivity contribution is 0.353. The molecule has 2 rings (SSSR count). The van der Waals surface area contributed by atoms with Gasteiger partial charge in [-0.05, 0) is 11.8 Å².